The van der Waals surface area contributed by atoms with Gasteiger partial charge < -0.3 is 10.1 Å². The van der Waals surface area contributed by atoms with Crippen LogP contribution in [-0.2, 0) is 6.54 Å². The fourth-order valence-electron chi connectivity index (χ4n) is 2.79. The van der Waals surface area contributed by atoms with Crippen molar-refractivity contribution < 1.29 is 4.74 Å². The number of nitrogens with one attached hydrogen (secondary N) is 1. The van der Waals surface area contributed by atoms with Crippen LogP contribution in [0.25, 0.3) is 0 Å². The van der Waals surface area contributed by atoms with E-state index in [9.17, 15) is 0 Å². The van der Waals surface area contributed by atoms with Crippen molar-refractivity contribution in [3.63, 3.8) is 0 Å². The molecule has 1 saturated carbocycles. The molecule has 2 nitrogen and oxygen atoms in total. The molecule has 1 aliphatic rings. The molecule has 0 heterocycles. The van der Waals surface area contributed by atoms with Gasteiger partial charge in [-0.2, -0.15) is 0 Å². The maximum Gasteiger partial charge on any atom is 0.124 e. The highest BCUT2D eigenvalue weighted by molar-refractivity contribution is 6.30. The molecule has 3 heteroatoms. The quantitative estimate of drug-likeness (QED) is 0.777. The van der Waals surface area contributed by atoms with Crippen molar-refractivity contribution in [3.8, 4) is 5.75 Å². The number of benzene rings is 1. The molecule has 0 bridgehead atoms. The molecule has 0 radical (unpaired) electrons. The zero-order valence-electron chi connectivity index (χ0n) is 12.6. The molecule has 0 saturated heterocycles. The smallest absolute Gasteiger partial charge is 0.124 e. The monoisotopic (exact) mass is 295 g/mol. The maximum absolute atomic E-state index is 6.12. The molecule has 0 aromatic heterocycles. The Morgan fingerprint density at radius 3 is 2.55 bits per heavy atom. The van der Waals surface area contributed by atoms with Gasteiger partial charge in [-0.05, 0) is 44.9 Å². The number of halogens is 1. The molecule has 112 valence electrons. The van der Waals surface area contributed by atoms with E-state index >= 15 is 0 Å². The molecule has 1 N–H and O–H groups in total. The van der Waals surface area contributed by atoms with E-state index in [-0.39, 0.29) is 6.10 Å². The molecule has 1 aromatic carbocycles. The summed E-state index contributed by atoms with van der Waals surface area (Å²) in [4.78, 5) is 0. The van der Waals surface area contributed by atoms with Crippen LogP contribution in [0.4, 0.5) is 0 Å². The molecule has 1 aromatic rings. The van der Waals surface area contributed by atoms with Gasteiger partial charge in [-0.3, -0.25) is 0 Å². The lowest BCUT2D eigenvalue weighted by atomic mass is 10.1. The molecule has 0 atom stereocenters. The van der Waals surface area contributed by atoms with E-state index < -0.39 is 0 Å². The summed E-state index contributed by atoms with van der Waals surface area (Å²) in [5.41, 5.74) is 1.16. The van der Waals surface area contributed by atoms with E-state index in [1.54, 1.807) is 0 Å². The minimum Gasteiger partial charge on any atom is -0.491 e. The first-order valence-electron chi connectivity index (χ1n) is 7.83. The number of hydrogen-bond acceptors (Lipinski definition) is 2. The van der Waals surface area contributed by atoms with Gasteiger partial charge in [-0.1, -0.05) is 37.3 Å². The highest BCUT2D eigenvalue weighted by Gasteiger charge is 2.13. The van der Waals surface area contributed by atoms with Crippen molar-refractivity contribution in [2.45, 2.75) is 71.1 Å². The Morgan fingerprint density at radius 2 is 1.90 bits per heavy atom. The summed E-state index contributed by atoms with van der Waals surface area (Å²) < 4.78 is 5.87. The van der Waals surface area contributed by atoms with Crippen molar-refractivity contribution in [2.75, 3.05) is 0 Å². The fourth-order valence-corrected chi connectivity index (χ4v) is 2.99. The van der Waals surface area contributed by atoms with Crippen molar-refractivity contribution in [2.24, 2.45) is 0 Å². The Kier molecular flexibility index (Phi) is 6.18. The van der Waals surface area contributed by atoms with E-state index in [4.69, 9.17) is 16.3 Å². The fraction of sp³-hybridized carbons (Fsp3) is 0.647. The Balaban J connectivity index is 1.97. The zero-order chi connectivity index (χ0) is 14.4. The van der Waals surface area contributed by atoms with Crippen LogP contribution in [0.5, 0.6) is 5.75 Å². The average Bonchev–Trinajstić information content (AvgIpc) is 2.67. The van der Waals surface area contributed by atoms with Crippen LogP contribution in [0, 0.1) is 0 Å². The summed E-state index contributed by atoms with van der Waals surface area (Å²) in [6.07, 6.45) is 8.24. The summed E-state index contributed by atoms with van der Waals surface area (Å²) in [6.45, 7) is 4.95. The molecule has 0 amide bonds. The van der Waals surface area contributed by atoms with Crippen LogP contribution < -0.4 is 10.1 Å². The van der Waals surface area contributed by atoms with E-state index in [1.807, 2.05) is 18.2 Å². The summed E-state index contributed by atoms with van der Waals surface area (Å²) in [7, 11) is 0. The van der Waals surface area contributed by atoms with E-state index in [2.05, 4.69) is 19.2 Å². The van der Waals surface area contributed by atoms with Crippen LogP contribution in [0.3, 0.4) is 0 Å². The predicted octanol–water partition coefficient (Wildman–Crippen LogP) is 4.94. The van der Waals surface area contributed by atoms with Crippen molar-refractivity contribution in [1.29, 1.82) is 0 Å². The van der Waals surface area contributed by atoms with Crippen molar-refractivity contribution in [1.82, 2.24) is 5.32 Å². The minimum atomic E-state index is 0.188. The van der Waals surface area contributed by atoms with Crippen LogP contribution in [0.1, 0.15) is 57.9 Å². The molecule has 2 rings (SSSR count). The first-order chi connectivity index (χ1) is 9.65. The summed E-state index contributed by atoms with van der Waals surface area (Å²) >= 11 is 6.12. The second kappa shape index (κ2) is 7.90. The van der Waals surface area contributed by atoms with Gasteiger partial charge in [0.2, 0.25) is 0 Å². The van der Waals surface area contributed by atoms with E-state index in [1.165, 1.54) is 38.5 Å². The minimum absolute atomic E-state index is 0.188. The first kappa shape index (κ1) is 15.7. The molecular formula is C17H26ClNO. The lowest BCUT2D eigenvalue weighted by Gasteiger charge is -2.19. The van der Waals surface area contributed by atoms with Gasteiger partial charge in [0.25, 0.3) is 0 Å². The Labute approximate surface area is 127 Å². The van der Waals surface area contributed by atoms with Gasteiger partial charge in [-0.25, -0.2) is 0 Å². The molecule has 0 spiro atoms. The second-order valence-electron chi connectivity index (χ2n) is 5.99. The molecule has 0 aliphatic heterocycles. The highest BCUT2D eigenvalue weighted by atomic mass is 35.5. The third-order valence-electron chi connectivity index (χ3n) is 3.82. The van der Waals surface area contributed by atoms with Crippen molar-refractivity contribution in [3.05, 3.63) is 28.8 Å². The largest absolute Gasteiger partial charge is 0.491 e. The lowest BCUT2D eigenvalue weighted by Crippen LogP contribution is -2.28. The molecule has 1 aliphatic carbocycles. The van der Waals surface area contributed by atoms with Crippen LogP contribution in [0.2, 0.25) is 5.02 Å². The van der Waals surface area contributed by atoms with E-state index in [0.29, 0.717) is 6.04 Å². The zero-order valence-corrected chi connectivity index (χ0v) is 13.4. The molecular weight excluding hydrogens is 270 g/mol. The van der Waals surface area contributed by atoms with Gasteiger partial charge in [-0.15, -0.1) is 0 Å². The average molecular weight is 296 g/mol. The van der Waals surface area contributed by atoms with Crippen LogP contribution in [-0.4, -0.2) is 12.1 Å². The van der Waals surface area contributed by atoms with Crippen LogP contribution >= 0.6 is 11.6 Å². The van der Waals surface area contributed by atoms with Gasteiger partial charge in [0.15, 0.2) is 0 Å². The van der Waals surface area contributed by atoms with Gasteiger partial charge in [0, 0.05) is 23.2 Å². The molecule has 1 fully saturated rings. The SMILES string of the molecule is CC(C)Oc1ccc(Cl)cc1CNC1CCCCCC1. The maximum atomic E-state index is 6.12. The predicted molar refractivity (Wildman–Crippen MR) is 85.5 cm³/mol. The number of rotatable bonds is 5. The van der Waals surface area contributed by atoms with Crippen molar-refractivity contribution >= 4 is 11.6 Å². The molecule has 0 unspecified atom stereocenters. The van der Waals surface area contributed by atoms with Gasteiger partial charge in [0.05, 0.1) is 6.10 Å². The second-order valence-corrected chi connectivity index (χ2v) is 6.42. The van der Waals surface area contributed by atoms with E-state index in [0.717, 1.165) is 22.9 Å². The third kappa shape index (κ3) is 4.99. The lowest BCUT2D eigenvalue weighted by molar-refractivity contribution is 0.239. The summed E-state index contributed by atoms with van der Waals surface area (Å²) in [6, 6.07) is 6.53. The standard InChI is InChI=1S/C17H26ClNO/c1-13(2)20-17-10-9-15(18)11-14(17)12-19-16-7-5-3-4-6-8-16/h9-11,13,16,19H,3-8,12H2,1-2H3. The first-order valence-corrected chi connectivity index (χ1v) is 8.21. The van der Waals surface area contributed by atoms with Gasteiger partial charge in [0.1, 0.15) is 5.75 Å². The van der Waals surface area contributed by atoms with Crippen LogP contribution in [0.15, 0.2) is 18.2 Å². The Morgan fingerprint density at radius 1 is 1.20 bits per heavy atom. The normalized spacial score (nSPS) is 17.2. The highest BCUT2D eigenvalue weighted by Crippen LogP contribution is 2.25. The molecule has 20 heavy (non-hydrogen) atoms. The number of hydrogen-bond donors (Lipinski definition) is 1. The Bertz CT molecular complexity index is 411. The summed E-state index contributed by atoms with van der Waals surface area (Å²) in [5, 5.41) is 4.46. The third-order valence-corrected chi connectivity index (χ3v) is 4.06. The number of ether oxygens (including phenoxy) is 1. The topological polar surface area (TPSA) is 21.3 Å². The summed E-state index contributed by atoms with van der Waals surface area (Å²) in [5.74, 6) is 0.950. The van der Waals surface area contributed by atoms with Gasteiger partial charge >= 0.3 is 0 Å². The Hall–Kier alpha value is -0.730.